The third-order valence-electron chi connectivity index (χ3n) is 1.80. The fourth-order valence-corrected chi connectivity index (χ4v) is 1.66. The van der Waals surface area contributed by atoms with Crippen LogP contribution >= 0.6 is 15.9 Å². The molecule has 0 fully saturated rings. The molecule has 0 aliphatic rings. The molecule has 0 aliphatic carbocycles. The van der Waals surface area contributed by atoms with Crippen molar-refractivity contribution in [3.05, 3.63) is 16.4 Å². The van der Waals surface area contributed by atoms with Gasteiger partial charge in [0.25, 0.3) is 0 Å². The maximum absolute atomic E-state index is 5.46. The predicted octanol–water partition coefficient (Wildman–Crippen LogP) is 2.15. The number of hydrogen-bond donors (Lipinski definition) is 0. The van der Waals surface area contributed by atoms with Gasteiger partial charge in [-0.05, 0) is 29.8 Å². The monoisotopic (exact) mass is 246 g/mol. The zero-order valence-electron chi connectivity index (χ0n) is 8.25. The summed E-state index contributed by atoms with van der Waals surface area (Å²) in [6.45, 7) is 4.83. The van der Waals surface area contributed by atoms with Crippen LogP contribution in [0.3, 0.4) is 0 Å². The van der Waals surface area contributed by atoms with E-state index >= 15 is 0 Å². The van der Waals surface area contributed by atoms with Crippen LogP contribution in [0.1, 0.15) is 19.5 Å². The van der Waals surface area contributed by atoms with Crippen LogP contribution in [-0.2, 0) is 18.2 Å². The van der Waals surface area contributed by atoms with Crippen LogP contribution < -0.4 is 0 Å². The van der Waals surface area contributed by atoms with Crippen molar-refractivity contribution in [2.45, 2.75) is 26.4 Å². The predicted molar refractivity (Wildman–Crippen MR) is 55.7 cm³/mol. The molecule has 0 unspecified atom stereocenters. The molecule has 0 saturated carbocycles. The van der Waals surface area contributed by atoms with Crippen molar-refractivity contribution in [1.29, 1.82) is 0 Å². The summed E-state index contributed by atoms with van der Waals surface area (Å²) in [4.78, 5) is 0. The summed E-state index contributed by atoms with van der Waals surface area (Å²) in [5, 5.41) is 4.13. The summed E-state index contributed by atoms with van der Waals surface area (Å²) in [5.41, 5.74) is 1.18. The first-order valence-electron chi connectivity index (χ1n) is 4.39. The fourth-order valence-electron chi connectivity index (χ4n) is 1.11. The van der Waals surface area contributed by atoms with E-state index in [0.717, 1.165) is 17.5 Å². The molecule has 13 heavy (non-hydrogen) atoms. The van der Waals surface area contributed by atoms with E-state index in [1.54, 1.807) is 0 Å². The molecular formula is C9H15BrN2O. The van der Waals surface area contributed by atoms with E-state index in [0.29, 0.717) is 6.10 Å². The molecule has 0 saturated heterocycles. The van der Waals surface area contributed by atoms with Crippen LogP contribution in [0.15, 0.2) is 10.7 Å². The van der Waals surface area contributed by atoms with E-state index in [2.05, 4.69) is 21.0 Å². The number of aromatic nitrogens is 2. The summed E-state index contributed by atoms with van der Waals surface area (Å²) in [6.07, 6.45) is 3.01. The van der Waals surface area contributed by atoms with Crippen molar-refractivity contribution in [3.8, 4) is 0 Å². The minimum atomic E-state index is 0.298. The second kappa shape index (κ2) is 4.77. The lowest BCUT2D eigenvalue weighted by atomic mass is 10.3. The van der Waals surface area contributed by atoms with Crippen molar-refractivity contribution in [2.24, 2.45) is 7.05 Å². The van der Waals surface area contributed by atoms with E-state index in [4.69, 9.17) is 4.74 Å². The normalized spacial score (nSPS) is 11.2. The number of aryl methyl sites for hydroxylation is 1. The molecule has 0 spiro atoms. The lowest BCUT2D eigenvalue weighted by Crippen LogP contribution is -2.08. The average molecular weight is 247 g/mol. The summed E-state index contributed by atoms with van der Waals surface area (Å²) in [7, 11) is 1.94. The van der Waals surface area contributed by atoms with E-state index in [1.165, 1.54) is 5.69 Å². The summed E-state index contributed by atoms with van der Waals surface area (Å²) < 4.78 is 8.39. The zero-order valence-corrected chi connectivity index (χ0v) is 9.84. The highest BCUT2D eigenvalue weighted by atomic mass is 79.9. The van der Waals surface area contributed by atoms with Crippen molar-refractivity contribution in [1.82, 2.24) is 9.78 Å². The summed E-state index contributed by atoms with van der Waals surface area (Å²) in [6, 6.07) is 0. The Morgan fingerprint density at radius 2 is 2.31 bits per heavy atom. The Balaban J connectivity index is 2.44. The molecule has 0 amide bonds. The molecule has 0 aromatic carbocycles. The molecular weight excluding hydrogens is 232 g/mol. The van der Waals surface area contributed by atoms with Gasteiger partial charge in [-0.2, -0.15) is 5.10 Å². The molecule has 0 N–H and O–H groups in total. The molecule has 0 atom stereocenters. The minimum absolute atomic E-state index is 0.298. The van der Waals surface area contributed by atoms with Gasteiger partial charge in [-0.3, -0.25) is 4.68 Å². The van der Waals surface area contributed by atoms with Gasteiger partial charge in [0.2, 0.25) is 0 Å². The first-order chi connectivity index (χ1) is 6.11. The molecule has 1 rings (SSSR count). The van der Waals surface area contributed by atoms with Gasteiger partial charge < -0.3 is 4.74 Å². The number of hydrogen-bond acceptors (Lipinski definition) is 2. The SMILES string of the molecule is CC(C)OCCc1c(Br)cnn1C. The Kier molecular flexibility index (Phi) is 3.93. The van der Waals surface area contributed by atoms with Crippen molar-refractivity contribution < 1.29 is 4.74 Å². The Morgan fingerprint density at radius 1 is 1.62 bits per heavy atom. The van der Waals surface area contributed by atoms with Gasteiger partial charge in [0, 0.05) is 13.5 Å². The van der Waals surface area contributed by atoms with Crippen LogP contribution in [0.5, 0.6) is 0 Å². The van der Waals surface area contributed by atoms with Crippen LogP contribution in [0.25, 0.3) is 0 Å². The number of ether oxygens (including phenoxy) is 1. The molecule has 3 nitrogen and oxygen atoms in total. The fraction of sp³-hybridized carbons (Fsp3) is 0.667. The summed E-state index contributed by atoms with van der Waals surface area (Å²) in [5.74, 6) is 0. The topological polar surface area (TPSA) is 27.1 Å². The Hall–Kier alpha value is -0.350. The molecule has 0 radical (unpaired) electrons. The molecule has 1 aromatic heterocycles. The van der Waals surface area contributed by atoms with Gasteiger partial charge in [0.1, 0.15) is 0 Å². The number of nitrogens with zero attached hydrogens (tertiary/aromatic N) is 2. The largest absolute Gasteiger partial charge is 0.378 e. The molecule has 1 aromatic rings. The molecule has 1 heterocycles. The number of rotatable bonds is 4. The van der Waals surface area contributed by atoms with E-state index in [-0.39, 0.29) is 0 Å². The third kappa shape index (κ3) is 3.12. The first kappa shape index (κ1) is 10.7. The van der Waals surface area contributed by atoms with Gasteiger partial charge in [-0.25, -0.2) is 0 Å². The van der Waals surface area contributed by atoms with Crippen LogP contribution in [0.2, 0.25) is 0 Å². The Morgan fingerprint density at radius 3 is 2.77 bits per heavy atom. The quantitative estimate of drug-likeness (QED) is 0.815. The minimum Gasteiger partial charge on any atom is -0.378 e. The first-order valence-corrected chi connectivity index (χ1v) is 5.18. The lowest BCUT2D eigenvalue weighted by molar-refractivity contribution is 0.0804. The number of halogens is 1. The summed E-state index contributed by atoms with van der Waals surface area (Å²) >= 11 is 3.45. The van der Waals surface area contributed by atoms with Crippen molar-refractivity contribution in [3.63, 3.8) is 0 Å². The maximum atomic E-state index is 5.46. The van der Waals surface area contributed by atoms with E-state index in [1.807, 2.05) is 31.8 Å². The molecule has 0 aliphatic heterocycles. The Labute approximate surface area is 87.2 Å². The van der Waals surface area contributed by atoms with Gasteiger partial charge >= 0.3 is 0 Å². The lowest BCUT2D eigenvalue weighted by Gasteiger charge is -2.07. The molecule has 4 heteroatoms. The van der Waals surface area contributed by atoms with Crippen molar-refractivity contribution >= 4 is 15.9 Å². The third-order valence-corrected chi connectivity index (χ3v) is 2.46. The van der Waals surface area contributed by atoms with Crippen molar-refractivity contribution in [2.75, 3.05) is 6.61 Å². The Bertz CT molecular complexity index is 251. The highest BCUT2D eigenvalue weighted by molar-refractivity contribution is 9.10. The van der Waals surface area contributed by atoms with Crippen LogP contribution in [0.4, 0.5) is 0 Å². The van der Waals surface area contributed by atoms with Crippen LogP contribution in [0, 0.1) is 0 Å². The van der Waals surface area contributed by atoms with Gasteiger partial charge in [-0.1, -0.05) is 0 Å². The second-order valence-electron chi connectivity index (χ2n) is 3.23. The van der Waals surface area contributed by atoms with Crippen LogP contribution in [-0.4, -0.2) is 22.5 Å². The second-order valence-corrected chi connectivity index (χ2v) is 4.09. The smallest absolute Gasteiger partial charge is 0.0635 e. The average Bonchev–Trinajstić information content (AvgIpc) is 2.34. The highest BCUT2D eigenvalue weighted by Gasteiger charge is 2.05. The van der Waals surface area contributed by atoms with E-state index < -0.39 is 0 Å². The van der Waals surface area contributed by atoms with Gasteiger partial charge in [-0.15, -0.1) is 0 Å². The van der Waals surface area contributed by atoms with Gasteiger partial charge in [0.15, 0.2) is 0 Å². The van der Waals surface area contributed by atoms with Gasteiger partial charge in [0.05, 0.1) is 29.1 Å². The highest BCUT2D eigenvalue weighted by Crippen LogP contribution is 2.15. The zero-order chi connectivity index (χ0) is 9.84. The van der Waals surface area contributed by atoms with E-state index in [9.17, 15) is 0 Å². The molecule has 74 valence electrons. The maximum Gasteiger partial charge on any atom is 0.0635 e. The standard InChI is InChI=1S/C9H15BrN2O/c1-7(2)13-5-4-9-8(10)6-11-12(9)3/h6-7H,4-5H2,1-3H3. The molecule has 0 bridgehead atoms.